The average Bonchev–Trinajstić information content (AvgIpc) is 3.46. The third kappa shape index (κ3) is 10.2. The van der Waals surface area contributed by atoms with Crippen LogP contribution >= 0.6 is 0 Å². The smallest absolute Gasteiger partial charge is 0.378 e. The maximum absolute atomic E-state index is 12.0. The summed E-state index contributed by atoms with van der Waals surface area (Å²) in [6, 6.07) is 9.36. The number of hydrogen-bond acceptors (Lipinski definition) is 14. The Morgan fingerprint density at radius 3 is 1.83 bits per heavy atom. The summed E-state index contributed by atoms with van der Waals surface area (Å²) in [7, 11) is 3.11. The van der Waals surface area contributed by atoms with Crippen molar-refractivity contribution in [2.75, 3.05) is 53.9 Å². The third-order valence-electron chi connectivity index (χ3n) is 5.61. The fraction of sp³-hybridized carbons (Fsp3) is 0.556. The molecule has 2 heterocycles. The van der Waals surface area contributed by atoms with Crippen LogP contribution < -0.4 is 0 Å². The van der Waals surface area contributed by atoms with Gasteiger partial charge in [-0.3, -0.25) is 0 Å². The minimum atomic E-state index is -1.36. The lowest BCUT2D eigenvalue weighted by molar-refractivity contribution is -0.149. The second kappa shape index (κ2) is 18.1. The number of carbonyl (C=O) groups is 2. The number of esters is 2. The molecule has 14 nitrogen and oxygen atoms in total. The number of methoxy groups -OCH3 is 2. The summed E-state index contributed by atoms with van der Waals surface area (Å²) < 4.78 is 35.6. The van der Waals surface area contributed by atoms with Gasteiger partial charge in [0.25, 0.3) is 0 Å². The van der Waals surface area contributed by atoms with Crippen LogP contribution in [0.1, 0.15) is 18.4 Å². The zero-order chi connectivity index (χ0) is 30.2. The molecule has 5 N–H and O–H groups in total. The van der Waals surface area contributed by atoms with Crippen LogP contribution in [0.3, 0.4) is 0 Å². The van der Waals surface area contributed by atoms with Gasteiger partial charge in [0.2, 0.25) is 11.5 Å². The molecule has 0 aromatic heterocycles. The summed E-state index contributed by atoms with van der Waals surface area (Å²) in [6.45, 7) is 0.387. The van der Waals surface area contributed by atoms with Crippen molar-refractivity contribution in [3.05, 3.63) is 58.9 Å². The Balaban J connectivity index is 0.000000305. The summed E-state index contributed by atoms with van der Waals surface area (Å²) >= 11 is 0. The minimum absolute atomic E-state index is 0.0699. The highest BCUT2D eigenvalue weighted by molar-refractivity contribution is 5.90. The van der Waals surface area contributed by atoms with E-state index < -0.39 is 55.3 Å². The van der Waals surface area contributed by atoms with Crippen molar-refractivity contribution in [2.45, 2.75) is 43.9 Å². The van der Waals surface area contributed by atoms with Crippen molar-refractivity contribution in [1.82, 2.24) is 0 Å². The predicted octanol–water partition coefficient (Wildman–Crippen LogP) is -0.166. The van der Waals surface area contributed by atoms with Gasteiger partial charge in [-0.25, -0.2) is 9.59 Å². The van der Waals surface area contributed by atoms with Gasteiger partial charge in [-0.15, -0.1) is 0 Å². The van der Waals surface area contributed by atoms with E-state index in [-0.39, 0.29) is 37.1 Å². The van der Waals surface area contributed by atoms with E-state index in [0.717, 1.165) is 5.56 Å². The summed E-state index contributed by atoms with van der Waals surface area (Å²) in [6.07, 6.45) is -3.84. The number of ether oxygens (including phenoxy) is 7. The van der Waals surface area contributed by atoms with Crippen LogP contribution in [0.5, 0.6) is 0 Å². The van der Waals surface area contributed by atoms with E-state index in [0.29, 0.717) is 26.1 Å². The van der Waals surface area contributed by atoms with Gasteiger partial charge in [-0.2, -0.15) is 0 Å². The van der Waals surface area contributed by atoms with E-state index in [1.807, 2.05) is 30.3 Å². The van der Waals surface area contributed by atoms with Gasteiger partial charge in [0.1, 0.15) is 18.8 Å². The highest BCUT2D eigenvalue weighted by Crippen LogP contribution is 2.28. The van der Waals surface area contributed by atoms with Crippen molar-refractivity contribution in [2.24, 2.45) is 0 Å². The highest BCUT2D eigenvalue weighted by atomic mass is 16.6. The molecule has 0 saturated carbocycles. The van der Waals surface area contributed by atoms with Gasteiger partial charge in [0, 0.05) is 40.3 Å². The third-order valence-corrected chi connectivity index (χ3v) is 5.61. The second-order valence-corrected chi connectivity index (χ2v) is 8.72. The predicted molar refractivity (Wildman–Crippen MR) is 139 cm³/mol. The number of aliphatic hydroxyl groups excluding tert-OH is 5. The molecule has 2 aliphatic rings. The number of carbonyl (C=O) groups excluding carboxylic acids is 2. The Kier molecular flexibility index (Phi) is 14.9. The first-order chi connectivity index (χ1) is 19.8. The normalized spacial score (nSPS) is 19.8. The van der Waals surface area contributed by atoms with Gasteiger partial charge in [0.05, 0.1) is 26.4 Å². The van der Waals surface area contributed by atoms with Gasteiger partial charge >= 0.3 is 11.9 Å². The lowest BCUT2D eigenvalue weighted by Crippen LogP contribution is -2.32. The lowest BCUT2D eigenvalue weighted by atomic mass is 10.2. The Hall–Kier alpha value is -3.40. The molecule has 1 aromatic rings. The van der Waals surface area contributed by atoms with E-state index >= 15 is 0 Å². The molecule has 0 spiro atoms. The van der Waals surface area contributed by atoms with Crippen molar-refractivity contribution < 1.29 is 68.3 Å². The van der Waals surface area contributed by atoms with E-state index in [4.69, 9.17) is 38.6 Å². The number of rotatable bonds is 17. The van der Waals surface area contributed by atoms with E-state index in [9.17, 15) is 24.9 Å². The minimum Gasteiger partial charge on any atom is -0.505 e. The van der Waals surface area contributed by atoms with Gasteiger partial charge in [0.15, 0.2) is 23.7 Å². The lowest BCUT2D eigenvalue weighted by Gasteiger charge is -2.18. The molecule has 4 unspecified atom stereocenters. The van der Waals surface area contributed by atoms with Gasteiger partial charge < -0.3 is 58.7 Å². The highest BCUT2D eigenvalue weighted by Gasteiger charge is 2.42. The molecule has 0 saturated heterocycles. The molecule has 0 amide bonds. The Morgan fingerprint density at radius 2 is 1.27 bits per heavy atom. The van der Waals surface area contributed by atoms with E-state index in [1.54, 1.807) is 7.11 Å². The SMILES string of the molecule is COCCCOC1=C(O)C(C(O)CO)OC1=O.COCCCOC1=C(OCc2ccccc2)C(C(O)CO)OC1=O. The molecule has 0 radical (unpaired) electrons. The molecule has 0 bridgehead atoms. The standard InChI is InChI=1S/C17H22O7.C10H16O7/c1-21-8-5-9-22-16-15(14(13(19)10-18)24-17(16)20)23-11-12-6-3-2-4-7-12;1-15-3-2-4-16-9-7(13)8(6(12)5-11)17-10(9)14/h2-4,6-7,13-14,18-19H,5,8-11H2,1H3;6,8,11-13H,2-5H2,1H3. The number of aliphatic hydroxyl groups is 5. The zero-order valence-electron chi connectivity index (χ0n) is 23.0. The van der Waals surface area contributed by atoms with Crippen LogP contribution in [-0.4, -0.2) is 116 Å². The summed E-state index contributed by atoms with van der Waals surface area (Å²) in [5.41, 5.74) is 0.889. The van der Waals surface area contributed by atoms with Gasteiger partial charge in [-0.1, -0.05) is 30.3 Å². The Labute approximate surface area is 237 Å². The van der Waals surface area contributed by atoms with Crippen LogP contribution in [0.2, 0.25) is 0 Å². The quantitative estimate of drug-likeness (QED) is 0.119. The molecule has 0 fully saturated rings. The first-order valence-electron chi connectivity index (χ1n) is 12.9. The van der Waals surface area contributed by atoms with Crippen LogP contribution in [0.15, 0.2) is 53.4 Å². The Bertz CT molecular complexity index is 1010. The Morgan fingerprint density at radius 1 is 0.756 bits per heavy atom. The molecule has 4 atom stereocenters. The molecule has 14 heteroatoms. The maximum atomic E-state index is 12.0. The second-order valence-electron chi connectivity index (χ2n) is 8.72. The maximum Gasteiger partial charge on any atom is 0.378 e. The van der Waals surface area contributed by atoms with Crippen LogP contribution in [0.4, 0.5) is 0 Å². The molecule has 1 aromatic carbocycles. The molecule has 41 heavy (non-hydrogen) atoms. The first-order valence-corrected chi connectivity index (χ1v) is 12.9. The first kappa shape index (κ1) is 33.8. The number of cyclic esters (lactones) is 2. The fourth-order valence-electron chi connectivity index (χ4n) is 3.52. The zero-order valence-corrected chi connectivity index (χ0v) is 23.0. The molecule has 2 aliphatic heterocycles. The summed E-state index contributed by atoms with van der Waals surface area (Å²) in [5, 5.41) is 46.6. The number of benzene rings is 1. The van der Waals surface area contributed by atoms with Crippen molar-refractivity contribution in [3.63, 3.8) is 0 Å². The van der Waals surface area contributed by atoms with Gasteiger partial charge in [-0.05, 0) is 5.56 Å². The molecular formula is C27H38O14. The van der Waals surface area contributed by atoms with Crippen LogP contribution in [0.25, 0.3) is 0 Å². The van der Waals surface area contributed by atoms with Crippen molar-refractivity contribution >= 4 is 11.9 Å². The summed E-state index contributed by atoms with van der Waals surface area (Å²) in [5.74, 6) is -2.35. The van der Waals surface area contributed by atoms with Crippen LogP contribution in [0, 0.1) is 0 Å². The molecular weight excluding hydrogens is 548 g/mol. The van der Waals surface area contributed by atoms with E-state index in [2.05, 4.69) is 4.74 Å². The largest absolute Gasteiger partial charge is 0.505 e. The number of hydrogen-bond donors (Lipinski definition) is 5. The van der Waals surface area contributed by atoms with Crippen LogP contribution in [-0.2, 0) is 49.4 Å². The monoisotopic (exact) mass is 586 g/mol. The molecule has 230 valence electrons. The van der Waals surface area contributed by atoms with E-state index in [1.165, 1.54) is 7.11 Å². The molecule has 3 rings (SSSR count). The molecule has 0 aliphatic carbocycles. The summed E-state index contributed by atoms with van der Waals surface area (Å²) in [4.78, 5) is 23.3. The van der Waals surface area contributed by atoms with Crippen molar-refractivity contribution in [3.8, 4) is 0 Å². The average molecular weight is 587 g/mol. The van der Waals surface area contributed by atoms with Crippen molar-refractivity contribution in [1.29, 1.82) is 0 Å². The fourth-order valence-corrected chi connectivity index (χ4v) is 3.52. The topological polar surface area (TPSA) is 200 Å².